The van der Waals surface area contributed by atoms with Gasteiger partial charge in [0.05, 0.1) is 6.20 Å². The van der Waals surface area contributed by atoms with Gasteiger partial charge in [-0.1, -0.05) is 84.0 Å². The van der Waals surface area contributed by atoms with Gasteiger partial charge in [-0.05, 0) is 39.7 Å². The molecule has 3 N–H and O–H groups in total. The Morgan fingerprint density at radius 3 is 1.21 bits per heavy atom. The highest BCUT2D eigenvalue weighted by atomic mass is 16.4. The van der Waals surface area contributed by atoms with Crippen molar-refractivity contribution in [2.45, 2.75) is 136 Å². The highest BCUT2D eigenvalue weighted by Crippen LogP contribution is 2.27. The molecule has 0 aromatic heterocycles. The lowest BCUT2D eigenvalue weighted by Gasteiger charge is -2.44. The second kappa shape index (κ2) is 17.6. The van der Waals surface area contributed by atoms with E-state index in [1.54, 1.807) is 6.08 Å². The quantitative estimate of drug-likeness (QED) is 0.136. The van der Waals surface area contributed by atoms with Crippen LogP contribution in [0.2, 0.25) is 0 Å². The minimum atomic E-state index is -1.22. The van der Waals surface area contributed by atoms with Gasteiger partial charge >= 0.3 is 17.9 Å². The average Bonchev–Trinajstić information content (AvgIpc) is 2.77. The summed E-state index contributed by atoms with van der Waals surface area (Å²) in [7, 11) is 0. The first-order valence-corrected chi connectivity index (χ1v) is 12.9. The van der Waals surface area contributed by atoms with Crippen LogP contribution in [0.1, 0.15) is 118 Å². The Morgan fingerprint density at radius 2 is 0.909 bits per heavy atom. The molecule has 7 heteroatoms. The lowest BCUT2D eigenvalue weighted by atomic mass is 10.0. The zero-order valence-corrected chi connectivity index (χ0v) is 21.3. The Kier molecular flexibility index (Phi) is 16.6. The van der Waals surface area contributed by atoms with Crippen molar-refractivity contribution >= 4 is 17.9 Å². The largest absolute Gasteiger partial charge is 0.477 e. The molecule has 0 aromatic carbocycles. The summed E-state index contributed by atoms with van der Waals surface area (Å²) < 4.78 is -0.654. The van der Waals surface area contributed by atoms with Crippen LogP contribution in [0.3, 0.4) is 0 Å². The van der Waals surface area contributed by atoms with Crippen LogP contribution in [0, 0.1) is 0 Å². The van der Waals surface area contributed by atoms with Crippen molar-refractivity contribution in [3.63, 3.8) is 0 Å². The molecule has 3 atom stereocenters. The number of quaternary nitrogens is 1. The summed E-state index contributed by atoms with van der Waals surface area (Å²) in [6.45, 7) is 6.35. The van der Waals surface area contributed by atoms with Crippen LogP contribution in [0.5, 0.6) is 0 Å². The maximum Gasteiger partial charge on any atom is 0.362 e. The van der Waals surface area contributed by atoms with Gasteiger partial charge in [-0.25, -0.2) is 14.4 Å². The summed E-state index contributed by atoms with van der Waals surface area (Å²) in [5.74, 6) is -3.66. The first kappa shape index (κ1) is 31.1. The van der Waals surface area contributed by atoms with E-state index in [-0.39, 0.29) is 0 Å². The van der Waals surface area contributed by atoms with E-state index in [0.29, 0.717) is 6.42 Å². The Labute approximate surface area is 200 Å². The summed E-state index contributed by atoms with van der Waals surface area (Å²) >= 11 is 0. The van der Waals surface area contributed by atoms with Gasteiger partial charge in [-0.15, -0.1) is 0 Å². The third-order valence-electron chi connectivity index (χ3n) is 6.92. The fraction of sp³-hybridized carbons (Fsp3) is 0.808. The molecule has 0 heterocycles. The minimum Gasteiger partial charge on any atom is -0.477 e. The van der Waals surface area contributed by atoms with E-state index in [1.165, 1.54) is 91.2 Å². The molecular formula is C26H48NO6+. The molecule has 192 valence electrons. The fourth-order valence-electron chi connectivity index (χ4n) is 4.50. The first-order valence-electron chi connectivity index (χ1n) is 12.9. The Hall–Kier alpha value is -1.89. The molecule has 0 bridgehead atoms. The van der Waals surface area contributed by atoms with Gasteiger partial charge in [0.15, 0.2) is 18.1 Å². The smallest absolute Gasteiger partial charge is 0.362 e. The van der Waals surface area contributed by atoms with E-state index in [1.807, 2.05) is 0 Å². The van der Waals surface area contributed by atoms with Gasteiger partial charge in [-0.3, -0.25) is 4.48 Å². The number of rotatable bonds is 21. The summed E-state index contributed by atoms with van der Waals surface area (Å²) in [4.78, 5) is 35.2. The number of hydrogen-bond acceptors (Lipinski definition) is 3. The van der Waals surface area contributed by atoms with Gasteiger partial charge in [0.25, 0.3) is 0 Å². The Morgan fingerprint density at radius 1 is 0.606 bits per heavy atom. The van der Waals surface area contributed by atoms with E-state index >= 15 is 0 Å². The van der Waals surface area contributed by atoms with Crippen LogP contribution in [0.15, 0.2) is 12.3 Å². The van der Waals surface area contributed by atoms with Crippen LogP contribution >= 0.6 is 0 Å². The van der Waals surface area contributed by atoms with Crippen molar-refractivity contribution in [3.05, 3.63) is 12.3 Å². The van der Waals surface area contributed by atoms with E-state index in [2.05, 4.69) is 6.92 Å². The molecule has 0 amide bonds. The van der Waals surface area contributed by atoms with Crippen molar-refractivity contribution in [3.8, 4) is 0 Å². The number of carbonyl (C=O) groups is 3. The predicted octanol–water partition coefficient (Wildman–Crippen LogP) is 6.22. The molecule has 0 fully saturated rings. The Balaban J connectivity index is 4.53. The van der Waals surface area contributed by atoms with Crippen LogP contribution in [0.4, 0.5) is 0 Å². The van der Waals surface area contributed by atoms with E-state index in [0.717, 1.165) is 19.3 Å². The molecule has 0 aromatic rings. The molecule has 0 saturated carbocycles. The van der Waals surface area contributed by atoms with Crippen LogP contribution < -0.4 is 0 Å². The van der Waals surface area contributed by atoms with Crippen molar-refractivity contribution in [2.75, 3.05) is 0 Å². The topological polar surface area (TPSA) is 112 Å². The number of hydrogen-bond donors (Lipinski definition) is 3. The number of aliphatic carboxylic acids is 3. The standard InChI is InChI=1S/C26H47NO6/c1-5-6-7-8-9-10-11-12-13-14-15-16-17-18-19-20-27(21(2)24(28)29,22(3)25(30)31)23(4)26(32)33/h19-23H,5-18H2,1-4H3,(H2-,28,29,30,31,32,33)/p+1/b20-19+. The zero-order valence-electron chi connectivity index (χ0n) is 21.3. The molecule has 33 heavy (non-hydrogen) atoms. The van der Waals surface area contributed by atoms with Gasteiger partial charge < -0.3 is 15.3 Å². The second-order valence-electron chi connectivity index (χ2n) is 9.35. The molecule has 0 radical (unpaired) electrons. The SMILES string of the molecule is CCCCCCCCCCCCCCC/C=C/[N+](C(C)C(=O)O)(C(C)C(=O)O)C(C)C(=O)O. The molecule has 0 aliphatic rings. The highest BCUT2D eigenvalue weighted by Gasteiger charge is 2.51. The average molecular weight is 471 g/mol. The lowest BCUT2D eigenvalue weighted by Crippen LogP contribution is -2.67. The maximum atomic E-state index is 11.7. The van der Waals surface area contributed by atoms with E-state index < -0.39 is 40.5 Å². The van der Waals surface area contributed by atoms with Gasteiger partial charge in [0.2, 0.25) is 0 Å². The molecule has 0 aliphatic carbocycles. The summed E-state index contributed by atoms with van der Waals surface area (Å²) in [5, 5.41) is 28.7. The van der Waals surface area contributed by atoms with Crippen LogP contribution in [0.25, 0.3) is 0 Å². The molecule has 0 rings (SSSR count). The second-order valence-corrected chi connectivity index (χ2v) is 9.35. The molecule has 7 nitrogen and oxygen atoms in total. The van der Waals surface area contributed by atoms with Crippen molar-refractivity contribution in [1.29, 1.82) is 0 Å². The van der Waals surface area contributed by atoms with Crippen molar-refractivity contribution in [2.24, 2.45) is 0 Å². The lowest BCUT2D eigenvalue weighted by molar-refractivity contribution is -0.922. The molecule has 0 aliphatic heterocycles. The predicted molar refractivity (Wildman–Crippen MR) is 131 cm³/mol. The summed E-state index contributed by atoms with van der Waals surface area (Å²) in [6.07, 6.45) is 20.2. The molecule has 0 saturated heterocycles. The van der Waals surface area contributed by atoms with E-state index in [9.17, 15) is 29.7 Å². The fourth-order valence-corrected chi connectivity index (χ4v) is 4.50. The number of allylic oxidation sites excluding steroid dienone is 1. The molecular weight excluding hydrogens is 422 g/mol. The third-order valence-corrected chi connectivity index (χ3v) is 6.92. The zero-order chi connectivity index (χ0) is 25.3. The molecule has 3 unspecified atom stereocenters. The number of carboxylic acid groups (broad SMARTS) is 3. The van der Waals surface area contributed by atoms with Crippen LogP contribution in [-0.4, -0.2) is 55.8 Å². The minimum absolute atomic E-state index is 0.654. The third kappa shape index (κ3) is 11.2. The normalized spacial score (nSPS) is 16.2. The van der Waals surface area contributed by atoms with Gasteiger partial charge in [0, 0.05) is 0 Å². The van der Waals surface area contributed by atoms with Gasteiger partial charge in [0.1, 0.15) is 0 Å². The number of carboxylic acids is 3. The van der Waals surface area contributed by atoms with E-state index in [4.69, 9.17) is 0 Å². The Bertz CT molecular complexity index is 553. The number of unbranched alkanes of at least 4 members (excludes halogenated alkanes) is 13. The summed E-state index contributed by atoms with van der Waals surface area (Å²) in [5.41, 5.74) is 0. The monoisotopic (exact) mass is 470 g/mol. The first-order chi connectivity index (χ1) is 15.6. The van der Waals surface area contributed by atoms with Crippen molar-refractivity contribution in [1.82, 2.24) is 0 Å². The van der Waals surface area contributed by atoms with Gasteiger partial charge in [-0.2, -0.15) is 0 Å². The molecule has 0 spiro atoms. The number of nitrogens with zero attached hydrogens (tertiary/aromatic N) is 1. The summed E-state index contributed by atoms with van der Waals surface area (Å²) in [6, 6.07) is -3.61. The maximum absolute atomic E-state index is 11.7. The highest BCUT2D eigenvalue weighted by molar-refractivity contribution is 5.77. The van der Waals surface area contributed by atoms with Crippen LogP contribution in [-0.2, 0) is 14.4 Å². The van der Waals surface area contributed by atoms with Crippen molar-refractivity contribution < 1.29 is 34.2 Å².